The second kappa shape index (κ2) is 4.85. The van der Waals surface area contributed by atoms with Gasteiger partial charge in [-0.15, -0.1) is 0 Å². The van der Waals surface area contributed by atoms with E-state index in [1.807, 2.05) is 0 Å². The van der Waals surface area contributed by atoms with Gasteiger partial charge >= 0.3 is 99.6 Å². The van der Waals surface area contributed by atoms with Crippen molar-refractivity contribution in [1.29, 1.82) is 0 Å². The molecule has 0 bridgehead atoms. The number of aldehydes is 1. The van der Waals surface area contributed by atoms with Crippen molar-refractivity contribution in [3.05, 3.63) is 0 Å². The normalized spacial score (nSPS) is 15.6. The Hall–Kier alpha value is 1.07. The van der Waals surface area contributed by atoms with Crippen LogP contribution < -0.4 is 0 Å². The van der Waals surface area contributed by atoms with Gasteiger partial charge in [0.15, 0.2) is 0 Å². The van der Waals surface area contributed by atoms with Gasteiger partial charge < -0.3 is 0 Å². The molecule has 0 saturated heterocycles. The van der Waals surface area contributed by atoms with Crippen molar-refractivity contribution >= 4 is 72.8 Å². The van der Waals surface area contributed by atoms with Gasteiger partial charge in [-0.3, -0.25) is 0 Å². The summed E-state index contributed by atoms with van der Waals surface area (Å²) >= 11 is 5.40. The fourth-order valence-electron chi connectivity index (χ4n) is 0.320. The van der Waals surface area contributed by atoms with E-state index in [1.165, 1.54) is 0 Å². The summed E-state index contributed by atoms with van der Waals surface area (Å²) in [4.78, 5) is 20.9. The van der Waals surface area contributed by atoms with Crippen molar-refractivity contribution in [3.63, 3.8) is 0 Å². The zero-order valence-electron chi connectivity index (χ0n) is 5.89. The average molecular weight is 189 g/mol. The summed E-state index contributed by atoms with van der Waals surface area (Å²) < 4.78 is 3.21. The van der Waals surface area contributed by atoms with Crippen molar-refractivity contribution in [1.82, 2.24) is 0 Å². The van der Waals surface area contributed by atoms with E-state index >= 15 is 0 Å². The van der Waals surface area contributed by atoms with Crippen LogP contribution in [0.25, 0.3) is 0 Å². The molecule has 52 valence electrons. The van der Waals surface area contributed by atoms with E-state index in [1.54, 1.807) is 6.92 Å². The molecule has 0 N–H and O–H groups in total. The van der Waals surface area contributed by atoms with Crippen molar-refractivity contribution in [2.24, 2.45) is 0 Å². The molecule has 0 radical (unpaired) electrons. The number of carbonyl (C=O) groups is 2. The summed E-state index contributed by atoms with van der Waals surface area (Å²) in [6, 6.07) is 0. The molecule has 3 nitrogen and oxygen atoms in total. The quantitative estimate of drug-likeness (QED) is 0.204. The molecule has 0 aliphatic carbocycles. The van der Waals surface area contributed by atoms with E-state index in [-0.39, 0.29) is 55.6 Å². The van der Waals surface area contributed by atoms with Crippen molar-refractivity contribution in [2.45, 2.75) is 5.89 Å². The van der Waals surface area contributed by atoms with E-state index in [9.17, 15) is 9.59 Å². The standard InChI is InChI=1S/C5H6ClO3.K/c1-2-9-5(8)4(6)3-7;/h3H,2H2,1H3;. The van der Waals surface area contributed by atoms with E-state index in [0.29, 0.717) is 6.29 Å². The molecule has 0 aliphatic rings. The van der Waals surface area contributed by atoms with Gasteiger partial charge in [-0.25, -0.2) is 0 Å². The molecule has 1 atom stereocenters. The first-order chi connectivity index (χ1) is 4.54. The molecule has 0 rings (SSSR count). The third-order valence-electron chi connectivity index (χ3n) is 0.896. The van der Waals surface area contributed by atoms with E-state index < -0.39 is 4.94 Å². The molecular weight excluding hydrogens is 183 g/mol. The molecule has 0 amide bonds. The van der Waals surface area contributed by atoms with E-state index in [4.69, 9.17) is 11.6 Å². The Morgan fingerprint density at radius 1 is 1.90 bits per heavy atom. The number of carbonyl (C=O) groups excluding carboxylic acids is 2. The van der Waals surface area contributed by atoms with Crippen LogP contribution in [0.5, 0.6) is 0 Å². The summed E-state index contributed by atoms with van der Waals surface area (Å²) in [6.45, 7) is 1.93. The van der Waals surface area contributed by atoms with Gasteiger partial charge in [0, 0.05) is 0 Å². The van der Waals surface area contributed by atoms with Gasteiger partial charge in [0.2, 0.25) is 0 Å². The van der Waals surface area contributed by atoms with Crippen LogP contribution in [0.15, 0.2) is 0 Å². The second-order valence-corrected chi connectivity index (χ2v) is 6.15. The van der Waals surface area contributed by atoms with Gasteiger partial charge in [-0.05, 0) is 0 Å². The first-order valence-electron chi connectivity index (χ1n) is 2.87. The molecule has 0 aromatic heterocycles. The topological polar surface area (TPSA) is 43.4 Å². The maximum absolute atomic E-state index is 10.8. The van der Waals surface area contributed by atoms with Crippen LogP contribution in [0.2, 0.25) is 0 Å². The summed E-state index contributed by atoms with van der Waals surface area (Å²) in [5.41, 5.74) is 0. The molecule has 0 fully saturated rings. The number of hydrogen-bond donors (Lipinski definition) is 0. The van der Waals surface area contributed by atoms with Crippen LogP contribution in [0, 0.1) is 0 Å². The first kappa shape index (κ1) is 11.1. The number of alkyl halides is 1. The van der Waals surface area contributed by atoms with Gasteiger partial charge in [0.05, 0.1) is 0 Å². The van der Waals surface area contributed by atoms with Crippen LogP contribution >= 0.6 is 11.6 Å². The zero-order chi connectivity index (χ0) is 8.20. The predicted molar refractivity (Wildman–Crippen MR) is 37.0 cm³/mol. The van der Waals surface area contributed by atoms with Crippen LogP contribution in [-0.2, 0) is 14.3 Å². The van der Waals surface area contributed by atoms with Crippen molar-refractivity contribution in [2.75, 3.05) is 6.61 Å². The van der Waals surface area contributed by atoms with Crippen molar-refractivity contribution in [3.8, 4) is 0 Å². The van der Waals surface area contributed by atoms with E-state index in [0.717, 1.165) is 0 Å². The number of esters is 1. The molecule has 0 aromatic carbocycles. The van der Waals surface area contributed by atoms with Crippen LogP contribution in [0.1, 0.15) is 6.92 Å². The Balaban J connectivity index is 4.04. The second-order valence-electron chi connectivity index (χ2n) is 1.91. The Morgan fingerprint density at radius 3 is 2.70 bits per heavy atom. The molecule has 5 heteroatoms. The monoisotopic (exact) mass is 188 g/mol. The third-order valence-corrected chi connectivity index (χ3v) is 2.14. The molecule has 1 unspecified atom stereocenters. The number of halogens is 1. The summed E-state index contributed by atoms with van der Waals surface area (Å²) in [5.74, 6) is -0.619. The van der Waals surface area contributed by atoms with Gasteiger partial charge in [-0.1, -0.05) is 0 Å². The molecular formula is C5H6ClKO3. The fourth-order valence-corrected chi connectivity index (χ4v) is 0.600. The Labute approximate surface area is 98.0 Å². The van der Waals surface area contributed by atoms with E-state index in [2.05, 4.69) is 4.74 Å². The van der Waals surface area contributed by atoms with Gasteiger partial charge in [0.1, 0.15) is 0 Å². The maximum atomic E-state index is 10.8. The summed E-state index contributed by atoms with van der Waals surface area (Å²) in [5, 5.41) is 0. The number of ether oxygens (including phenoxy) is 1. The molecule has 0 saturated carbocycles. The molecule has 0 aromatic rings. The van der Waals surface area contributed by atoms with Crippen LogP contribution in [0.3, 0.4) is 0 Å². The predicted octanol–water partition coefficient (Wildman–Crippen LogP) is -0.148. The Kier molecular flexibility index (Phi) is 5.36. The third kappa shape index (κ3) is 3.46. The number of hydrogen-bond acceptors (Lipinski definition) is 3. The van der Waals surface area contributed by atoms with Crippen LogP contribution in [-0.4, -0.2) is 66.8 Å². The van der Waals surface area contributed by atoms with Crippen molar-refractivity contribution < 1.29 is 14.3 Å². The minimum absolute atomic E-state index is 0.0877. The number of rotatable bonds is 3. The Morgan fingerprint density at radius 2 is 2.40 bits per heavy atom. The molecule has 0 aliphatic heterocycles. The minimum atomic E-state index is -1.33. The zero-order valence-corrected chi connectivity index (χ0v) is 9.77. The van der Waals surface area contributed by atoms with Crippen LogP contribution in [0.4, 0.5) is 0 Å². The van der Waals surface area contributed by atoms with Gasteiger partial charge in [-0.2, -0.15) is 0 Å². The fraction of sp³-hybridized carbons (Fsp3) is 0.600. The average Bonchev–Trinajstić information content (AvgIpc) is 1.89. The molecule has 0 heterocycles. The first-order valence-corrected chi connectivity index (χ1v) is 4.81. The Bertz CT molecular complexity index is 146. The molecule has 10 heavy (non-hydrogen) atoms. The SMILES string of the molecule is CCOC(=O)[C](Cl)([K])C=O. The summed E-state index contributed by atoms with van der Waals surface area (Å²) in [7, 11) is 0. The molecule has 0 spiro atoms. The summed E-state index contributed by atoms with van der Waals surface area (Å²) in [6.07, 6.45) is 0.437. The van der Waals surface area contributed by atoms with Gasteiger partial charge in [0.25, 0.3) is 0 Å².